The summed E-state index contributed by atoms with van der Waals surface area (Å²) < 4.78 is 0. The first-order valence-electron chi connectivity index (χ1n) is 5.82. The third kappa shape index (κ3) is 2.54. The van der Waals surface area contributed by atoms with Gasteiger partial charge in [0.2, 0.25) is 5.91 Å². The summed E-state index contributed by atoms with van der Waals surface area (Å²) in [4.78, 5) is 26.0. The first-order valence-corrected chi connectivity index (χ1v) is 7.75. The summed E-state index contributed by atoms with van der Waals surface area (Å²) in [6.45, 7) is 2.61. The molecular formula is C12H15NO3S2. The smallest absolute Gasteiger partial charge is 0.319 e. The van der Waals surface area contributed by atoms with Gasteiger partial charge in [-0.25, -0.2) is 0 Å². The van der Waals surface area contributed by atoms with Gasteiger partial charge in [-0.15, -0.1) is 23.1 Å². The van der Waals surface area contributed by atoms with Crippen LogP contribution in [0.4, 0.5) is 0 Å². The number of carboxylic acid groups (broad SMARTS) is 1. The molecule has 6 heteroatoms. The Labute approximate surface area is 114 Å². The number of nitrogens with zero attached hydrogens (tertiary/aromatic N) is 1. The van der Waals surface area contributed by atoms with Crippen molar-refractivity contribution in [2.75, 3.05) is 12.3 Å². The fraction of sp³-hybridized carbons (Fsp3) is 0.500. The molecular weight excluding hydrogens is 270 g/mol. The topological polar surface area (TPSA) is 57.6 Å². The first kappa shape index (κ1) is 13.4. The zero-order valence-corrected chi connectivity index (χ0v) is 11.7. The lowest BCUT2D eigenvalue weighted by atomic mass is 10.1. The average Bonchev–Trinajstić information content (AvgIpc) is 2.84. The van der Waals surface area contributed by atoms with E-state index >= 15 is 0 Å². The molecule has 0 aromatic carbocycles. The largest absolute Gasteiger partial charge is 0.480 e. The molecule has 1 saturated heterocycles. The van der Waals surface area contributed by atoms with Gasteiger partial charge in [0.15, 0.2) is 0 Å². The Morgan fingerprint density at radius 1 is 1.61 bits per heavy atom. The number of hydrogen-bond acceptors (Lipinski definition) is 4. The van der Waals surface area contributed by atoms with E-state index in [4.69, 9.17) is 0 Å². The highest BCUT2D eigenvalue weighted by Crippen LogP contribution is 2.38. The van der Waals surface area contributed by atoms with Gasteiger partial charge in [-0.05, 0) is 17.9 Å². The lowest BCUT2D eigenvalue weighted by Crippen LogP contribution is -2.47. The van der Waals surface area contributed by atoms with E-state index in [1.165, 1.54) is 23.1 Å². The van der Waals surface area contributed by atoms with Gasteiger partial charge in [0, 0.05) is 11.4 Å². The number of carbonyl (C=O) groups is 2. The number of amides is 1. The van der Waals surface area contributed by atoms with Crippen LogP contribution >= 0.6 is 23.1 Å². The third-order valence-corrected chi connectivity index (χ3v) is 5.05. The lowest BCUT2D eigenvalue weighted by Gasteiger charge is -2.38. The summed E-state index contributed by atoms with van der Waals surface area (Å²) >= 11 is 2.74. The van der Waals surface area contributed by atoms with Gasteiger partial charge in [-0.3, -0.25) is 9.59 Å². The van der Waals surface area contributed by atoms with Crippen LogP contribution in [0.5, 0.6) is 0 Å². The molecule has 1 fully saturated rings. The number of hydrogen-bond donors (Lipinski definition) is 1. The zero-order chi connectivity index (χ0) is 13.1. The van der Waals surface area contributed by atoms with Crippen molar-refractivity contribution < 1.29 is 14.7 Å². The molecule has 1 aromatic heterocycles. The van der Waals surface area contributed by atoms with Gasteiger partial charge in [0.1, 0.15) is 5.25 Å². The Balaban J connectivity index is 2.34. The van der Waals surface area contributed by atoms with E-state index in [1.807, 2.05) is 24.4 Å². The quantitative estimate of drug-likeness (QED) is 0.921. The molecule has 1 aliphatic rings. The molecule has 2 atom stereocenters. The van der Waals surface area contributed by atoms with E-state index in [2.05, 4.69) is 0 Å². The highest BCUT2D eigenvalue weighted by molar-refractivity contribution is 8.01. The normalized spacial score (nSPS) is 24.3. The van der Waals surface area contributed by atoms with Crippen LogP contribution in [0.15, 0.2) is 17.5 Å². The second-order valence-electron chi connectivity index (χ2n) is 4.12. The van der Waals surface area contributed by atoms with Crippen molar-refractivity contribution >= 4 is 35.0 Å². The number of carboxylic acids is 1. The molecule has 2 rings (SSSR count). The highest BCUT2D eigenvalue weighted by Gasteiger charge is 2.41. The molecule has 4 nitrogen and oxygen atoms in total. The van der Waals surface area contributed by atoms with Crippen molar-refractivity contribution in [2.45, 2.75) is 24.6 Å². The fourth-order valence-corrected chi connectivity index (χ4v) is 4.19. The molecule has 0 aliphatic carbocycles. The molecule has 1 aliphatic heterocycles. The minimum atomic E-state index is -0.841. The minimum absolute atomic E-state index is 0.0396. The SMILES string of the molecule is CCCN1C(=O)CSC(C(=O)O)C1c1cccs1. The summed E-state index contributed by atoms with van der Waals surface area (Å²) in [5.74, 6) is -0.538. The molecule has 18 heavy (non-hydrogen) atoms. The zero-order valence-electron chi connectivity index (χ0n) is 10.0. The van der Waals surface area contributed by atoms with Gasteiger partial charge >= 0.3 is 5.97 Å². The van der Waals surface area contributed by atoms with Crippen molar-refractivity contribution in [3.05, 3.63) is 22.4 Å². The summed E-state index contributed by atoms with van der Waals surface area (Å²) in [6.07, 6.45) is 0.838. The Hall–Kier alpha value is -1.01. The van der Waals surface area contributed by atoms with Crippen molar-refractivity contribution in [1.82, 2.24) is 4.90 Å². The van der Waals surface area contributed by atoms with Crippen LogP contribution in [0.1, 0.15) is 24.3 Å². The van der Waals surface area contributed by atoms with Crippen LogP contribution < -0.4 is 0 Å². The number of aliphatic carboxylic acids is 1. The highest BCUT2D eigenvalue weighted by atomic mass is 32.2. The predicted octanol–water partition coefficient (Wildman–Crippen LogP) is 2.23. The maximum Gasteiger partial charge on any atom is 0.319 e. The Morgan fingerprint density at radius 3 is 2.94 bits per heavy atom. The van der Waals surface area contributed by atoms with Gasteiger partial charge < -0.3 is 10.0 Å². The summed E-state index contributed by atoms with van der Waals surface area (Å²) in [5.41, 5.74) is 0. The summed E-state index contributed by atoms with van der Waals surface area (Å²) in [6, 6.07) is 3.48. The van der Waals surface area contributed by atoms with E-state index in [1.54, 1.807) is 4.90 Å². The monoisotopic (exact) mass is 285 g/mol. The van der Waals surface area contributed by atoms with Crippen LogP contribution in [0.25, 0.3) is 0 Å². The van der Waals surface area contributed by atoms with Gasteiger partial charge in [-0.1, -0.05) is 13.0 Å². The third-order valence-electron chi connectivity index (χ3n) is 2.87. The fourth-order valence-electron chi connectivity index (χ4n) is 2.13. The number of thioether (sulfide) groups is 1. The molecule has 98 valence electrons. The lowest BCUT2D eigenvalue weighted by molar-refractivity contribution is -0.140. The number of rotatable bonds is 4. The Kier molecular flexibility index (Phi) is 4.29. The second-order valence-corrected chi connectivity index (χ2v) is 6.23. The van der Waals surface area contributed by atoms with Crippen LogP contribution in [0.3, 0.4) is 0 Å². The van der Waals surface area contributed by atoms with Gasteiger partial charge in [-0.2, -0.15) is 0 Å². The summed E-state index contributed by atoms with van der Waals surface area (Å²) in [7, 11) is 0. The Morgan fingerprint density at radius 2 is 2.39 bits per heavy atom. The minimum Gasteiger partial charge on any atom is -0.480 e. The van der Waals surface area contributed by atoms with Crippen LogP contribution in [0, 0.1) is 0 Å². The van der Waals surface area contributed by atoms with E-state index in [-0.39, 0.29) is 17.7 Å². The van der Waals surface area contributed by atoms with E-state index in [9.17, 15) is 14.7 Å². The molecule has 1 N–H and O–H groups in total. The van der Waals surface area contributed by atoms with Crippen LogP contribution in [-0.2, 0) is 9.59 Å². The molecule has 0 bridgehead atoms. The molecule has 0 radical (unpaired) electrons. The standard InChI is InChI=1S/C12H15NO3S2/c1-2-5-13-9(14)7-18-11(12(15)16)10(13)8-4-3-6-17-8/h3-4,6,10-11H,2,5,7H2,1H3,(H,15,16). The molecule has 1 aromatic rings. The molecule has 0 saturated carbocycles. The van der Waals surface area contributed by atoms with Gasteiger partial charge in [0.25, 0.3) is 0 Å². The summed E-state index contributed by atoms with van der Waals surface area (Å²) in [5, 5.41) is 10.7. The van der Waals surface area contributed by atoms with Crippen LogP contribution in [0.2, 0.25) is 0 Å². The Bertz CT molecular complexity index is 433. The van der Waals surface area contributed by atoms with Crippen molar-refractivity contribution in [3.63, 3.8) is 0 Å². The second kappa shape index (κ2) is 5.75. The van der Waals surface area contributed by atoms with Crippen molar-refractivity contribution in [2.24, 2.45) is 0 Å². The average molecular weight is 285 g/mol. The van der Waals surface area contributed by atoms with E-state index in [0.29, 0.717) is 6.54 Å². The molecule has 0 spiro atoms. The molecule has 2 heterocycles. The van der Waals surface area contributed by atoms with Crippen molar-refractivity contribution in [3.8, 4) is 0 Å². The first-order chi connectivity index (χ1) is 8.65. The maximum absolute atomic E-state index is 12.0. The molecule has 1 amide bonds. The molecule has 2 unspecified atom stereocenters. The van der Waals surface area contributed by atoms with Crippen LogP contribution in [-0.4, -0.2) is 39.4 Å². The number of thiophene rings is 1. The van der Waals surface area contributed by atoms with E-state index < -0.39 is 11.2 Å². The van der Waals surface area contributed by atoms with E-state index in [0.717, 1.165) is 11.3 Å². The van der Waals surface area contributed by atoms with Gasteiger partial charge in [0.05, 0.1) is 11.8 Å². The van der Waals surface area contributed by atoms with Crippen molar-refractivity contribution in [1.29, 1.82) is 0 Å². The maximum atomic E-state index is 12.0. The predicted molar refractivity (Wildman–Crippen MR) is 72.9 cm³/mol. The number of carbonyl (C=O) groups excluding carboxylic acids is 1.